The molecular formula is C11H12ClN3O. The fraction of sp³-hybridized carbons (Fsp3) is 0.273. The molecule has 0 aliphatic carbocycles. The van der Waals surface area contributed by atoms with Crippen molar-refractivity contribution in [3.05, 3.63) is 40.8 Å². The fourth-order valence-corrected chi connectivity index (χ4v) is 1.47. The smallest absolute Gasteiger partial charge is 0.153 e. The van der Waals surface area contributed by atoms with Crippen LogP contribution in [0.15, 0.2) is 24.5 Å². The summed E-state index contributed by atoms with van der Waals surface area (Å²) in [5.41, 5.74) is 1.54. The molecule has 1 N–H and O–H groups in total. The molecule has 2 aromatic rings. The lowest BCUT2D eigenvalue weighted by Crippen LogP contribution is -2.00. The Bertz CT molecular complexity index is 471. The second-order valence-electron chi connectivity index (χ2n) is 3.63. The first-order chi connectivity index (χ1) is 7.58. The first-order valence-corrected chi connectivity index (χ1v) is 5.32. The van der Waals surface area contributed by atoms with Crippen LogP contribution in [-0.2, 0) is 0 Å². The second kappa shape index (κ2) is 4.23. The standard InChI is InChI=1S/C11H12ClN3O/c1-7-10(12)6-15(14-7)11-4-3-9(5-13-11)8(2)16/h3-6,8,16H,1-2H3/t8-/m0/s1. The monoisotopic (exact) mass is 237 g/mol. The van der Waals surface area contributed by atoms with Gasteiger partial charge in [0.2, 0.25) is 0 Å². The molecule has 0 spiro atoms. The molecule has 1 atom stereocenters. The fourth-order valence-electron chi connectivity index (χ4n) is 1.34. The molecule has 2 aromatic heterocycles. The number of rotatable bonds is 2. The first-order valence-electron chi connectivity index (χ1n) is 4.94. The number of nitrogens with zero attached hydrogens (tertiary/aromatic N) is 3. The molecule has 0 fully saturated rings. The van der Waals surface area contributed by atoms with Gasteiger partial charge in [0.25, 0.3) is 0 Å². The van der Waals surface area contributed by atoms with Crippen molar-refractivity contribution in [1.82, 2.24) is 14.8 Å². The van der Waals surface area contributed by atoms with Gasteiger partial charge in [0, 0.05) is 6.20 Å². The molecule has 0 radical (unpaired) electrons. The van der Waals surface area contributed by atoms with Gasteiger partial charge < -0.3 is 5.11 Å². The number of pyridine rings is 1. The molecule has 2 heterocycles. The molecule has 0 bridgehead atoms. The Labute approximate surface area is 98.5 Å². The Balaban J connectivity index is 2.34. The average Bonchev–Trinajstić information content (AvgIpc) is 2.59. The third-order valence-corrected chi connectivity index (χ3v) is 2.70. The summed E-state index contributed by atoms with van der Waals surface area (Å²) >= 11 is 5.91. The first kappa shape index (κ1) is 11.1. The average molecular weight is 238 g/mol. The van der Waals surface area contributed by atoms with Gasteiger partial charge in [0.1, 0.15) is 0 Å². The summed E-state index contributed by atoms with van der Waals surface area (Å²) in [5.74, 6) is 0.680. The minimum Gasteiger partial charge on any atom is -0.389 e. The van der Waals surface area contributed by atoms with Gasteiger partial charge in [-0.3, -0.25) is 0 Å². The van der Waals surface area contributed by atoms with E-state index >= 15 is 0 Å². The predicted octanol–water partition coefficient (Wildman–Crippen LogP) is 2.28. The van der Waals surface area contributed by atoms with Crippen molar-refractivity contribution in [1.29, 1.82) is 0 Å². The molecule has 2 rings (SSSR count). The number of aliphatic hydroxyl groups excluding tert-OH is 1. The summed E-state index contributed by atoms with van der Waals surface area (Å²) in [4.78, 5) is 4.21. The molecule has 84 valence electrons. The van der Waals surface area contributed by atoms with Crippen molar-refractivity contribution < 1.29 is 5.11 Å². The van der Waals surface area contributed by atoms with Crippen LogP contribution in [0.25, 0.3) is 5.82 Å². The third kappa shape index (κ3) is 2.08. The highest BCUT2D eigenvalue weighted by Gasteiger charge is 2.06. The van der Waals surface area contributed by atoms with Gasteiger partial charge in [-0.05, 0) is 25.5 Å². The highest BCUT2D eigenvalue weighted by molar-refractivity contribution is 6.31. The highest BCUT2D eigenvalue weighted by atomic mass is 35.5. The van der Waals surface area contributed by atoms with Crippen LogP contribution in [-0.4, -0.2) is 19.9 Å². The van der Waals surface area contributed by atoms with Crippen LogP contribution < -0.4 is 0 Å². The molecule has 0 amide bonds. The van der Waals surface area contributed by atoms with E-state index in [1.165, 1.54) is 0 Å². The Kier molecular flexibility index (Phi) is 2.94. The van der Waals surface area contributed by atoms with Crippen LogP contribution in [0.3, 0.4) is 0 Å². The van der Waals surface area contributed by atoms with Gasteiger partial charge in [-0.25, -0.2) is 9.67 Å². The molecular weight excluding hydrogens is 226 g/mol. The molecule has 5 heteroatoms. The zero-order chi connectivity index (χ0) is 11.7. The number of hydrogen-bond acceptors (Lipinski definition) is 3. The van der Waals surface area contributed by atoms with E-state index in [2.05, 4.69) is 10.1 Å². The zero-order valence-electron chi connectivity index (χ0n) is 9.05. The van der Waals surface area contributed by atoms with Crippen LogP contribution in [0.2, 0.25) is 5.02 Å². The number of aliphatic hydroxyl groups is 1. The molecule has 0 aromatic carbocycles. The highest BCUT2D eigenvalue weighted by Crippen LogP contribution is 2.16. The van der Waals surface area contributed by atoms with E-state index in [0.717, 1.165) is 11.3 Å². The number of halogens is 1. The lowest BCUT2D eigenvalue weighted by molar-refractivity contribution is 0.199. The van der Waals surface area contributed by atoms with Crippen molar-refractivity contribution in [2.75, 3.05) is 0 Å². The van der Waals surface area contributed by atoms with Gasteiger partial charge in [-0.1, -0.05) is 17.7 Å². The maximum absolute atomic E-state index is 9.35. The van der Waals surface area contributed by atoms with Crippen LogP contribution >= 0.6 is 11.6 Å². The van der Waals surface area contributed by atoms with Gasteiger partial charge in [0.05, 0.1) is 23.0 Å². The maximum Gasteiger partial charge on any atom is 0.153 e. The van der Waals surface area contributed by atoms with E-state index in [0.29, 0.717) is 10.8 Å². The summed E-state index contributed by atoms with van der Waals surface area (Å²) < 4.78 is 1.61. The van der Waals surface area contributed by atoms with Gasteiger partial charge in [0.15, 0.2) is 5.82 Å². The zero-order valence-corrected chi connectivity index (χ0v) is 9.81. The summed E-state index contributed by atoms with van der Waals surface area (Å²) in [6, 6.07) is 3.61. The lowest BCUT2D eigenvalue weighted by Gasteiger charge is -2.05. The minimum absolute atomic E-state index is 0.510. The van der Waals surface area contributed by atoms with E-state index in [4.69, 9.17) is 11.6 Å². The Morgan fingerprint density at radius 3 is 2.62 bits per heavy atom. The quantitative estimate of drug-likeness (QED) is 0.872. The van der Waals surface area contributed by atoms with E-state index < -0.39 is 6.10 Å². The molecule has 16 heavy (non-hydrogen) atoms. The van der Waals surface area contributed by atoms with Crippen molar-refractivity contribution >= 4 is 11.6 Å². The summed E-state index contributed by atoms with van der Waals surface area (Å²) in [6.07, 6.45) is 2.83. The largest absolute Gasteiger partial charge is 0.389 e. The van der Waals surface area contributed by atoms with Crippen molar-refractivity contribution in [3.8, 4) is 5.82 Å². The van der Waals surface area contributed by atoms with Crippen LogP contribution in [0.1, 0.15) is 24.3 Å². The van der Waals surface area contributed by atoms with Crippen molar-refractivity contribution in [3.63, 3.8) is 0 Å². The topological polar surface area (TPSA) is 50.9 Å². The summed E-state index contributed by atoms with van der Waals surface area (Å²) in [6.45, 7) is 3.54. The Hall–Kier alpha value is -1.39. The van der Waals surface area contributed by atoms with Crippen molar-refractivity contribution in [2.24, 2.45) is 0 Å². The van der Waals surface area contributed by atoms with Crippen LogP contribution in [0, 0.1) is 6.92 Å². The van der Waals surface area contributed by atoms with Crippen molar-refractivity contribution in [2.45, 2.75) is 20.0 Å². The van der Waals surface area contributed by atoms with Crippen LogP contribution in [0.4, 0.5) is 0 Å². The Morgan fingerprint density at radius 2 is 2.19 bits per heavy atom. The van der Waals surface area contributed by atoms with Gasteiger partial charge in [-0.2, -0.15) is 5.10 Å². The number of hydrogen-bond donors (Lipinski definition) is 1. The van der Waals surface area contributed by atoms with E-state index in [-0.39, 0.29) is 0 Å². The molecule has 4 nitrogen and oxygen atoms in total. The Morgan fingerprint density at radius 1 is 1.44 bits per heavy atom. The van der Waals surface area contributed by atoms with E-state index in [1.54, 1.807) is 30.1 Å². The molecule has 0 aliphatic rings. The third-order valence-electron chi connectivity index (χ3n) is 2.33. The van der Waals surface area contributed by atoms with Gasteiger partial charge >= 0.3 is 0 Å². The van der Waals surface area contributed by atoms with Crippen LogP contribution in [0.5, 0.6) is 0 Å². The number of aryl methyl sites for hydroxylation is 1. The number of aromatic nitrogens is 3. The summed E-state index contributed by atoms with van der Waals surface area (Å²) in [7, 11) is 0. The maximum atomic E-state index is 9.35. The normalized spacial score (nSPS) is 12.8. The molecule has 0 saturated carbocycles. The molecule has 0 saturated heterocycles. The predicted molar refractivity (Wildman–Crippen MR) is 61.7 cm³/mol. The SMILES string of the molecule is Cc1nn(-c2ccc([C@H](C)O)cn2)cc1Cl. The van der Waals surface area contributed by atoms with E-state index in [9.17, 15) is 5.11 Å². The van der Waals surface area contributed by atoms with E-state index in [1.807, 2.05) is 13.0 Å². The molecule has 0 aliphatic heterocycles. The molecule has 0 unspecified atom stereocenters. The summed E-state index contributed by atoms with van der Waals surface area (Å²) in [5, 5.41) is 14.2. The lowest BCUT2D eigenvalue weighted by atomic mass is 10.2. The minimum atomic E-state index is -0.510. The second-order valence-corrected chi connectivity index (χ2v) is 4.04. The van der Waals surface area contributed by atoms with Gasteiger partial charge in [-0.15, -0.1) is 0 Å².